The topological polar surface area (TPSA) is 26.3 Å². The minimum atomic E-state index is -1.34. The third-order valence-corrected chi connectivity index (χ3v) is 6.12. The molecule has 0 aromatic heterocycles. The molecule has 0 saturated carbocycles. The maximum absolute atomic E-state index is 12.0. The second-order valence-electron chi connectivity index (χ2n) is 8.66. The maximum atomic E-state index is 12.0. The van der Waals surface area contributed by atoms with E-state index in [-0.39, 0.29) is 5.97 Å². The number of hydrogen-bond acceptors (Lipinski definition) is 2. The molecule has 0 unspecified atom stereocenters. The molecule has 0 saturated heterocycles. The predicted molar refractivity (Wildman–Crippen MR) is 117 cm³/mol. The minimum Gasteiger partial charge on any atom is -0.469 e. The molecule has 0 aliphatic carbocycles. The molecule has 0 heterocycles. The third kappa shape index (κ3) is 3.70. The molecule has 4 aromatic rings. The second-order valence-corrected chi connectivity index (χ2v) is 14.1. The van der Waals surface area contributed by atoms with E-state index in [1.165, 1.54) is 37.9 Å². The molecule has 0 aliphatic heterocycles. The van der Waals surface area contributed by atoms with Crippen LogP contribution in [0.15, 0.2) is 54.6 Å². The Morgan fingerprint density at radius 3 is 2.19 bits per heavy atom. The van der Waals surface area contributed by atoms with Gasteiger partial charge in [-0.2, -0.15) is 0 Å². The van der Waals surface area contributed by atoms with Crippen LogP contribution in [0.3, 0.4) is 0 Å². The van der Waals surface area contributed by atoms with Crippen LogP contribution in [0.2, 0.25) is 19.6 Å². The monoisotopic (exact) mass is 374 g/mol. The van der Waals surface area contributed by atoms with Crippen molar-refractivity contribution in [2.24, 2.45) is 0 Å². The first-order chi connectivity index (χ1) is 12.9. The van der Waals surface area contributed by atoms with Gasteiger partial charge >= 0.3 is 5.97 Å². The summed E-state index contributed by atoms with van der Waals surface area (Å²) in [5, 5.41) is 7.88. The van der Waals surface area contributed by atoms with E-state index in [1.807, 2.05) is 0 Å². The van der Waals surface area contributed by atoms with Crippen LogP contribution < -0.4 is 0 Å². The molecule has 27 heavy (non-hydrogen) atoms. The average molecular weight is 375 g/mol. The zero-order chi connectivity index (χ0) is 19.0. The van der Waals surface area contributed by atoms with Gasteiger partial charge in [0.2, 0.25) is 0 Å². The van der Waals surface area contributed by atoms with E-state index in [4.69, 9.17) is 4.74 Å². The molecule has 4 rings (SSSR count). The van der Waals surface area contributed by atoms with Gasteiger partial charge in [-0.05, 0) is 50.7 Å². The van der Waals surface area contributed by atoms with Gasteiger partial charge in [0, 0.05) is 6.42 Å². The van der Waals surface area contributed by atoms with Crippen molar-refractivity contribution in [3.05, 3.63) is 60.2 Å². The van der Waals surface area contributed by atoms with E-state index in [1.54, 1.807) is 0 Å². The maximum Gasteiger partial charge on any atom is 0.305 e. The summed E-state index contributed by atoms with van der Waals surface area (Å²) >= 11 is 0. The lowest BCUT2D eigenvalue weighted by molar-refractivity contribution is -0.141. The van der Waals surface area contributed by atoms with E-state index in [0.29, 0.717) is 12.7 Å². The summed E-state index contributed by atoms with van der Waals surface area (Å²) in [4.78, 5) is 12.0. The van der Waals surface area contributed by atoms with Crippen molar-refractivity contribution in [1.29, 1.82) is 0 Å². The molecule has 0 spiro atoms. The molecule has 0 bridgehead atoms. The number of carbonyl (C=O) groups is 1. The molecule has 0 amide bonds. The van der Waals surface area contributed by atoms with Crippen LogP contribution in [0.5, 0.6) is 0 Å². The molecule has 138 valence electrons. The number of rotatable bonds is 6. The zero-order valence-electron chi connectivity index (χ0n) is 16.3. The summed E-state index contributed by atoms with van der Waals surface area (Å²) in [7, 11) is -1.34. The Hall–Kier alpha value is -2.39. The van der Waals surface area contributed by atoms with Gasteiger partial charge in [-0.3, -0.25) is 4.79 Å². The van der Waals surface area contributed by atoms with Crippen LogP contribution in [0.1, 0.15) is 18.4 Å². The Morgan fingerprint density at radius 2 is 1.48 bits per heavy atom. The number of aryl methyl sites for hydroxylation is 1. The van der Waals surface area contributed by atoms with Gasteiger partial charge in [0.1, 0.15) is 0 Å². The number of hydrogen-bond donors (Lipinski definition) is 0. The highest BCUT2D eigenvalue weighted by Crippen LogP contribution is 2.36. The Labute approximate surface area is 161 Å². The molecule has 0 fully saturated rings. The Kier molecular flexibility index (Phi) is 4.64. The van der Waals surface area contributed by atoms with Gasteiger partial charge in [-0.1, -0.05) is 74.2 Å². The molecule has 4 aromatic carbocycles. The first kappa shape index (κ1) is 18.0. The summed E-state index contributed by atoms with van der Waals surface area (Å²) in [6.07, 6.45) is 2.84. The third-order valence-electron chi connectivity index (χ3n) is 5.11. The highest BCUT2D eigenvalue weighted by atomic mass is 28.3. The molecule has 3 heteroatoms. The molecule has 0 aliphatic rings. The normalized spacial score (nSPS) is 12.3. The lowest BCUT2D eigenvalue weighted by Crippen LogP contribution is -2.29. The van der Waals surface area contributed by atoms with E-state index in [2.05, 4.69) is 74.2 Å². The molecule has 0 N–H and O–H groups in total. The van der Waals surface area contributed by atoms with Crippen molar-refractivity contribution in [1.82, 2.24) is 0 Å². The van der Waals surface area contributed by atoms with Crippen molar-refractivity contribution in [2.75, 3.05) is 6.23 Å². The van der Waals surface area contributed by atoms with E-state index >= 15 is 0 Å². The summed E-state index contributed by atoms with van der Waals surface area (Å²) in [5.74, 6) is -0.0601. The van der Waals surface area contributed by atoms with Crippen LogP contribution in [0, 0.1) is 0 Å². The molecular weight excluding hydrogens is 348 g/mol. The van der Waals surface area contributed by atoms with Crippen LogP contribution >= 0.6 is 0 Å². The fourth-order valence-corrected chi connectivity index (χ4v) is 4.40. The lowest BCUT2D eigenvalue weighted by atomic mass is 9.90. The van der Waals surface area contributed by atoms with Gasteiger partial charge in [0.15, 0.2) is 0 Å². The van der Waals surface area contributed by atoms with Crippen molar-refractivity contribution < 1.29 is 9.53 Å². The number of carbonyl (C=O) groups excluding carboxylic acids is 1. The highest BCUT2D eigenvalue weighted by molar-refractivity contribution is 6.76. The summed E-state index contributed by atoms with van der Waals surface area (Å²) in [6.45, 7) is 6.64. The van der Waals surface area contributed by atoms with Gasteiger partial charge in [-0.25, -0.2) is 0 Å². The first-order valence-electron chi connectivity index (χ1n) is 9.73. The van der Waals surface area contributed by atoms with Crippen molar-refractivity contribution >= 4 is 46.4 Å². The predicted octanol–water partition coefficient (Wildman–Crippen LogP) is 6.33. The van der Waals surface area contributed by atoms with E-state index in [0.717, 1.165) is 12.8 Å². The van der Waals surface area contributed by atoms with Gasteiger partial charge in [-0.15, -0.1) is 0 Å². The summed E-state index contributed by atoms with van der Waals surface area (Å²) in [5.41, 5.74) is 1.32. The second kappa shape index (κ2) is 6.97. The fraction of sp³-hybridized carbons (Fsp3) is 0.292. The first-order valence-corrected chi connectivity index (χ1v) is 13.4. The fourth-order valence-electron chi connectivity index (χ4n) is 3.81. The number of ether oxygens (including phenoxy) is 1. The van der Waals surface area contributed by atoms with Crippen molar-refractivity contribution in [3.63, 3.8) is 0 Å². The highest BCUT2D eigenvalue weighted by Gasteiger charge is 2.16. The number of benzene rings is 4. The van der Waals surface area contributed by atoms with Crippen LogP contribution in [0.25, 0.3) is 32.3 Å². The molecule has 2 nitrogen and oxygen atoms in total. The quantitative estimate of drug-likeness (QED) is 0.224. The Balaban J connectivity index is 1.57. The van der Waals surface area contributed by atoms with Gasteiger partial charge in [0.05, 0.1) is 14.3 Å². The largest absolute Gasteiger partial charge is 0.469 e. The minimum absolute atomic E-state index is 0.0601. The van der Waals surface area contributed by atoms with Crippen LogP contribution in [-0.2, 0) is 16.0 Å². The van der Waals surface area contributed by atoms with Crippen molar-refractivity contribution in [2.45, 2.75) is 38.9 Å². The van der Waals surface area contributed by atoms with Gasteiger partial charge < -0.3 is 4.74 Å². The SMILES string of the molecule is C[Si](C)(C)COC(=O)CCCc1ccc2ccc3cccc4ccc1c2c34. The molecular formula is C24H26O2Si. The smallest absolute Gasteiger partial charge is 0.305 e. The Morgan fingerprint density at radius 1 is 0.852 bits per heavy atom. The van der Waals surface area contributed by atoms with Crippen LogP contribution in [-0.4, -0.2) is 20.3 Å². The van der Waals surface area contributed by atoms with E-state index in [9.17, 15) is 4.79 Å². The average Bonchev–Trinajstić information content (AvgIpc) is 2.65. The van der Waals surface area contributed by atoms with E-state index < -0.39 is 8.07 Å². The molecule has 0 radical (unpaired) electrons. The zero-order valence-corrected chi connectivity index (χ0v) is 17.3. The van der Waals surface area contributed by atoms with Crippen molar-refractivity contribution in [3.8, 4) is 0 Å². The molecule has 0 atom stereocenters. The summed E-state index contributed by atoms with van der Waals surface area (Å²) in [6, 6.07) is 19.8. The Bertz CT molecular complexity index is 1090. The standard InChI is InChI=1S/C24H26O2Si/c1-27(2,3)16-26-22(25)9-5-6-17-10-11-20-13-12-18-7-4-8-19-14-15-21(17)24(20)23(18)19/h4,7-8,10-15H,5-6,9,16H2,1-3H3. The number of esters is 1. The lowest BCUT2D eigenvalue weighted by Gasteiger charge is -2.16. The summed E-state index contributed by atoms with van der Waals surface area (Å²) < 4.78 is 5.45. The van der Waals surface area contributed by atoms with Crippen LogP contribution in [0.4, 0.5) is 0 Å². The van der Waals surface area contributed by atoms with Gasteiger partial charge in [0.25, 0.3) is 0 Å².